The number of halogens is 6. The number of hydrogen-bond acceptors (Lipinski definition) is 7. The lowest BCUT2D eigenvalue weighted by Crippen LogP contribution is -2.33. The second-order valence-corrected chi connectivity index (χ2v) is 8.50. The van der Waals surface area contributed by atoms with Crippen LogP contribution in [0, 0.1) is 0 Å². The second kappa shape index (κ2) is 13.5. The van der Waals surface area contributed by atoms with Crippen molar-refractivity contribution in [1.82, 2.24) is 9.78 Å². The summed E-state index contributed by atoms with van der Waals surface area (Å²) in [6, 6.07) is 6.35. The van der Waals surface area contributed by atoms with Gasteiger partial charge in [0.2, 0.25) is 5.88 Å². The molecule has 2 atom stereocenters. The monoisotopic (exact) mass is 554 g/mol. The van der Waals surface area contributed by atoms with Crippen molar-refractivity contribution in [3.63, 3.8) is 0 Å². The Morgan fingerprint density at radius 3 is 1.84 bits per heavy atom. The molecule has 1 aromatic heterocycles. The number of aryl methyl sites for hydroxylation is 1. The first kappa shape index (κ1) is 30.9. The topological polar surface area (TPSA) is 96.7 Å². The zero-order valence-corrected chi connectivity index (χ0v) is 20.7. The van der Waals surface area contributed by atoms with Gasteiger partial charge in [-0.1, -0.05) is 12.1 Å². The van der Waals surface area contributed by atoms with E-state index in [1.165, 1.54) is 6.07 Å². The number of alkyl halides is 6. The van der Waals surface area contributed by atoms with Gasteiger partial charge in [0.1, 0.15) is 0 Å². The van der Waals surface area contributed by atoms with Crippen molar-refractivity contribution < 1.29 is 50.1 Å². The van der Waals surface area contributed by atoms with Gasteiger partial charge < -0.3 is 14.2 Å². The van der Waals surface area contributed by atoms with Gasteiger partial charge in [0, 0.05) is 20.4 Å². The largest absolute Gasteiger partial charge is 0.476 e. The molecule has 1 aromatic carbocycles. The Kier molecular flexibility index (Phi) is 11.0. The van der Waals surface area contributed by atoms with Crippen LogP contribution in [0.4, 0.5) is 26.3 Å². The first-order chi connectivity index (χ1) is 17.7. The quantitative estimate of drug-likeness (QED) is 0.193. The SMILES string of the molecule is CC(=O)O[C@@H](CCCCOc1nn(CCCC[C@H](OC(C)=O)C(F)(F)F)c(=O)c2ccccc12)C(F)(F)F. The Hall–Kier alpha value is -3.32. The number of hydrogen-bond donors (Lipinski definition) is 0. The minimum atomic E-state index is -4.72. The molecule has 2 aromatic rings. The molecule has 38 heavy (non-hydrogen) atoms. The fourth-order valence-corrected chi connectivity index (χ4v) is 3.63. The third-order valence-corrected chi connectivity index (χ3v) is 5.37. The first-order valence-corrected chi connectivity index (χ1v) is 11.8. The predicted octanol–water partition coefficient (Wildman–Crippen LogP) is 5.10. The van der Waals surface area contributed by atoms with E-state index in [0.29, 0.717) is 5.39 Å². The van der Waals surface area contributed by atoms with E-state index in [9.17, 15) is 40.7 Å². The maximum absolute atomic E-state index is 13.0. The van der Waals surface area contributed by atoms with E-state index in [4.69, 9.17) is 4.74 Å². The number of ether oxygens (including phenoxy) is 3. The highest BCUT2D eigenvalue weighted by Gasteiger charge is 2.42. The summed E-state index contributed by atoms with van der Waals surface area (Å²) in [4.78, 5) is 34.7. The molecule has 14 heteroatoms. The average Bonchev–Trinajstić information content (AvgIpc) is 2.80. The molecule has 0 fully saturated rings. The van der Waals surface area contributed by atoms with Crippen LogP contribution < -0.4 is 10.3 Å². The Morgan fingerprint density at radius 1 is 0.842 bits per heavy atom. The molecular formula is C24H28F6N2O6. The average molecular weight is 554 g/mol. The van der Waals surface area contributed by atoms with Gasteiger partial charge in [0.15, 0.2) is 12.2 Å². The highest BCUT2D eigenvalue weighted by atomic mass is 19.4. The van der Waals surface area contributed by atoms with E-state index >= 15 is 0 Å². The predicted molar refractivity (Wildman–Crippen MR) is 122 cm³/mol. The smallest absolute Gasteiger partial charge is 0.425 e. The molecule has 0 N–H and O–H groups in total. The van der Waals surface area contributed by atoms with Gasteiger partial charge >= 0.3 is 24.3 Å². The fourth-order valence-electron chi connectivity index (χ4n) is 3.63. The number of carbonyl (C=O) groups excluding carboxylic acids is 2. The van der Waals surface area contributed by atoms with Gasteiger partial charge in [-0.2, -0.15) is 26.3 Å². The number of rotatable bonds is 13. The molecule has 212 valence electrons. The standard InChI is InChI=1S/C24H28F6N2O6/c1-15(33)37-19(23(25,26)27)11-5-7-13-32-22(35)18-10-4-3-9-17(18)21(31-32)36-14-8-6-12-20(24(28,29)30)38-16(2)34/h3-4,9-10,19-20H,5-8,11-14H2,1-2H3/t19-,20-/m0/s1. The summed E-state index contributed by atoms with van der Waals surface area (Å²) in [5, 5.41) is 4.77. The third kappa shape index (κ3) is 9.53. The first-order valence-electron chi connectivity index (χ1n) is 11.8. The van der Waals surface area contributed by atoms with Gasteiger partial charge in [0.05, 0.1) is 17.4 Å². The minimum Gasteiger partial charge on any atom is -0.476 e. The highest BCUT2D eigenvalue weighted by Crippen LogP contribution is 2.28. The molecule has 0 unspecified atom stereocenters. The van der Waals surface area contributed by atoms with Crippen molar-refractivity contribution in [2.75, 3.05) is 6.61 Å². The van der Waals surface area contributed by atoms with Gasteiger partial charge in [-0.3, -0.25) is 14.4 Å². The Morgan fingerprint density at radius 2 is 1.34 bits per heavy atom. The molecule has 0 amide bonds. The van der Waals surface area contributed by atoms with E-state index < -0.39 is 54.9 Å². The molecule has 0 bridgehead atoms. The maximum atomic E-state index is 13.0. The summed E-state index contributed by atoms with van der Waals surface area (Å²) in [5.41, 5.74) is -0.491. The molecule has 0 saturated heterocycles. The summed E-state index contributed by atoms with van der Waals surface area (Å²) in [5.74, 6) is -2.05. The zero-order valence-electron chi connectivity index (χ0n) is 20.7. The van der Waals surface area contributed by atoms with Crippen molar-refractivity contribution in [2.45, 2.75) is 83.5 Å². The fraction of sp³-hybridized carbons (Fsp3) is 0.583. The summed E-state index contributed by atoms with van der Waals surface area (Å²) in [6.07, 6.45) is -14.5. The Labute approximate surface area is 213 Å². The van der Waals surface area contributed by atoms with Crippen LogP contribution in [0.1, 0.15) is 52.4 Å². The van der Waals surface area contributed by atoms with Gasteiger partial charge in [-0.05, 0) is 50.7 Å². The number of fused-ring (bicyclic) bond motifs is 1. The lowest BCUT2D eigenvalue weighted by atomic mass is 10.1. The Balaban J connectivity index is 2.03. The normalized spacial score (nSPS) is 13.7. The summed E-state index contributed by atoms with van der Waals surface area (Å²) in [6.45, 7) is 1.69. The van der Waals surface area contributed by atoms with Crippen LogP contribution >= 0.6 is 0 Å². The minimum absolute atomic E-state index is 0.0166. The van der Waals surface area contributed by atoms with Crippen LogP contribution in [0.3, 0.4) is 0 Å². The van der Waals surface area contributed by atoms with E-state index in [1.54, 1.807) is 18.2 Å². The lowest BCUT2D eigenvalue weighted by Gasteiger charge is -2.20. The molecule has 0 radical (unpaired) electrons. The molecule has 1 heterocycles. The van der Waals surface area contributed by atoms with Crippen LogP contribution in [-0.2, 0) is 25.6 Å². The highest BCUT2D eigenvalue weighted by molar-refractivity contribution is 5.85. The summed E-state index contributed by atoms with van der Waals surface area (Å²) in [7, 11) is 0. The van der Waals surface area contributed by atoms with Crippen molar-refractivity contribution in [3.8, 4) is 5.88 Å². The molecule has 2 rings (SSSR count). The van der Waals surface area contributed by atoms with Crippen LogP contribution in [0.15, 0.2) is 29.1 Å². The number of esters is 2. The van der Waals surface area contributed by atoms with Gasteiger partial charge in [-0.15, -0.1) is 5.10 Å². The molecule has 0 saturated carbocycles. The lowest BCUT2D eigenvalue weighted by molar-refractivity contribution is -0.221. The molecule has 0 aliphatic heterocycles. The number of carbonyl (C=O) groups is 2. The van der Waals surface area contributed by atoms with Crippen molar-refractivity contribution in [3.05, 3.63) is 34.6 Å². The summed E-state index contributed by atoms with van der Waals surface area (Å²) >= 11 is 0. The molecule has 0 aliphatic rings. The Bertz CT molecular complexity index is 1150. The summed E-state index contributed by atoms with van der Waals surface area (Å²) < 4.78 is 93.3. The molecular weight excluding hydrogens is 526 g/mol. The molecule has 0 aliphatic carbocycles. The van der Waals surface area contributed by atoms with Gasteiger partial charge in [-0.25, -0.2) is 4.68 Å². The van der Waals surface area contributed by atoms with Crippen LogP contribution in [0.5, 0.6) is 5.88 Å². The number of nitrogens with zero attached hydrogens (tertiary/aromatic N) is 2. The van der Waals surface area contributed by atoms with Crippen molar-refractivity contribution in [2.24, 2.45) is 0 Å². The van der Waals surface area contributed by atoms with E-state index in [1.807, 2.05) is 0 Å². The van der Waals surface area contributed by atoms with E-state index in [-0.39, 0.29) is 50.1 Å². The molecule has 0 spiro atoms. The van der Waals surface area contributed by atoms with Crippen molar-refractivity contribution >= 4 is 22.7 Å². The third-order valence-electron chi connectivity index (χ3n) is 5.37. The maximum Gasteiger partial charge on any atom is 0.425 e. The van der Waals surface area contributed by atoms with Crippen LogP contribution in [0.2, 0.25) is 0 Å². The van der Waals surface area contributed by atoms with E-state index in [0.717, 1.165) is 18.5 Å². The van der Waals surface area contributed by atoms with Crippen LogP contribution in [-0.4, -0.2) is 52.9 Å². The van der Waals surface area contributed by atoms with Gasteiger partial charge in [0.25, 0.3) is 5.56 Å². The second-order valence-electron chi connectivity index (χ2n) is 8.50. The number of benzene rings is 1. The molecule has 8 nitrogen and oxygen atoms in total. The van der Waals surface area contributed by atoms with Crippen molar-refractivity contribution in [1.29, 1.82) is 0 Å². The van der Waals surface area contributed by atoms with E-state index in [2.05, 4.69) is 14.6 Å². The number of unbranched alkanes of at least 4 members (excludes halogenated alkanes) is 2. The zero-order chi connectivity index (χ0) is 28.5. The number of aromatic nitrogens is 2. The van der Waals surface area contributed by atoms with Crippen LogP contribution in [0.25, 0.3) is 10.8 Å².